The zero-order valence-corrected chi connectivity index (χ0v) is 17.1. The minimum absolute atomic E-state index is 0.0313. The van der Waals surface area contributed by atoms with E-state index in [1.54, 1.807) is 43.3 Å². The van der Waals surface area contributed by atoms with Crippen molar-refractivity contribution in [3.05, 3.63) is 95.1 Å². The van der Waals surface area contributed by atoms with E-state index >= 15 is 0 Å². The lowest BCUT2D eigenvalue weighted by atomic mass is 9.96. The summed E-state index contributed by atoms with van der Waals surface area (Å²) in [5.74, 6) is -0.265. The van der Waals surface area contributed by atoms with E-state index in [1.165, 1.54) is 12.1 Å². The Morgan fingerprint density at radius 2 is 1.50 bits per heavy atom. The smallest absolute Gasteiger partial charge is 0.338 e. The summed E-state index contributed by atoms with van der Waals surface area (Å²) in [5, 5.41) is 12.9. The van der Waals surface area contributed by atoms with Crippen LogP contribution in [0.4, 0.5) is 5.69 Å². The first kappa shape index (κ1) is 21.1. The highest BCUT2D eigenvalue weighted by Gasteiger charge is 2.18. The van der Waals surface area contributed by atoms with Gasteiger partial charge in [0.05, 0.1) is 18.2 Å². The van der Waals surface area contributed by atoms with Crippen molar-refractivity contribution in [3.8, 4) is 5.75 Å². The minimum atomic E-state index is -0.360. The molecule has 1 atom stereocenters. The molecule has 154 valence electrons. The number of hydrogen-bond acceptors (Lipinski definition) is 5. The highest BCUT2D eigenvalue weighted by atomic mass is 16.5. The number of ether oxygens (including phenoxy) is 1. The van der Waals surface area contributed by atoms with Crippen molar-refractivity contribution in [1.29, 1.82) is 0 Å². The molecule has 0 aromatic heterocycles. The summed E-state index contributed by atoms with van der Waals surface area (Å²) >= 11 is 0. The second-order valence-corrected chi connectivity index (χ2v) is 7.08. The van der Waals surface area contributed by atoms with Gasteiger partial charge in [0.2, 0.25) is 0 Å². The first-order valence-electron chi connectivity index (χ1n) is 9.89. The molecule has 0 aliphatic carbocycles. The van der Waals surface area contributed by atoms with Gasteiger partial charge < -0.3 is 15.2 Å². The summed E-state index contributed by atoms with van der Waals surface area (Å²) in [6, 6.07) is 21.1. The van der Waals surface area contributed by atoms with Crippen LogP contribution < -0.4 is 5.32 Å². The molecule has 0 aliphatic rings. The van der Waals surface area contributed by atoms with Crippen molar-refractivity contribution in [3.63, 3.8) is 0 Å². The maximum Gasteiger partial charge on any atom is 0.338 e. The van der Waals surface area contributed by atoms with Crippen molar-refractivity contribution >= 4 is 17.4 Å². The molecule has 5 heteroatoms. The van der Waals surface area contributed by atoms with Crippen LogP contribution in [-0.2, 0) is 4.74 Å². The van der Waals surface area contributed by atoms with Gasteiger partial charge in [-0.3, -0.25) is 4.79 Å². The fourth-order valence-corrected chi connectivity index (χ4v) is 3.12. The molecular weight excluding hydrogens is 378 g/mol. The highest BCUT2D eigenvalue weighted by Crippen LogP contribution is 2.26. The van der Waals surface area contributed by atoms with Gasteiger partial charge in [-0.1, -0.05) is 29.8 Å². The number of phenols is 1. The maximum absolute atomic E-state index is 12.8. The number of carbonyl (C=O) groups is 2. The molecule has 0 saturated heterocycles. The molecule has 0 fully saturated rings. The molecule has 0 spiro atoms. The summed E-state index contributed by atoms with van der Waals surface area (Å²) in [7, 11) is 0. The van der Waals surface area contributed by atoms with Gasteiger partial charge in [-0.15, -0.1) is 0 Å². The summed E-state index contributed by atoms with van der Waals surface area (Å²) in [6.45, 7) is 4.11. The Morgan fingerprint density at radius 3 is 2.10 bits per heavy atom. The van der Waals surface area contributed by atoms with Gasteiger partial charge in [0, 0.05) is 17.7 Å². The zero-order chi connectivity index (χ0) is 21.5. The van der Waals surface area contributed by atoms with Crippen LogP contribution in [0.1, 0.15) is 51.2 Å². The number of nitrogens with one attached hydrogen (secondary N) is 1. The Bertz CT molecular complexity index is 993. The predicted molar refractivity (Wildman–Crippen MR) is 117 cm³/mol. The molecule has 0 saturated carbocycles. The number of rotatable bonds is 8. The Hall–Kier alpha value is -3.60. The van der Waals surface area contributed by atoms with Gasteiger partial charge in [-0.25, -0.2) is 4.79 Å². The number of phenolic OH excluding ortho intramolecular Hbond substituents is 1. The summed E-state index contributed by atoms with van der Waals surface area (Å²) in [6.07, 6.45) is 0.244. The summed E-state index contributed by atoms with van der Waals surface area (Å²) < 4.78 is 5.02. The summed E-state index contributed by atoms with van der Waals surface area (Å²) in [5.41, 5.74) is 3.95. The number of aromatic hydroxyl groups is 1. The molecule has 0 amide bonds. The van der Waals surface area contributed by atoms with E-state index in [1.807, 2.05) is 31.2 Å². The largest absolute Gasteiger partial charge is 0.508 e. The van der Waals surface area contributed by atoms with Crippen molar-refractivity contribution in [2.75, 3.05) is 11.9 Å². The average molecular weight is 403 g/mol. The first-order valence-corrected chi connectivity index (χ1v) is 9.89. The Labute approximate surface area is 176 Å². The Kier molecular flexibility index (Phi) is 6.86. The van der Waals surface area contributed by atoms with E-state index < -0.39 is 0 Å². The van der Waals surface area contributed by atoms with Crippen LogP contribution >= 0.6 is 0 Å². The van der Waals surface area contributed by atoms with Crippen molar-refractivity contribution < 1.29 is 19.4 Å². The number of aryl methyl sites for hydroxylation is 1. The zero-order valence-electron chi connectivity index (χ0n) is 17.1. The van der Waals surface area contributed by atoms with Crippen LogP contribution in [0.3, 0.4) is 0 Å². The number of esters is 1. The van der Waals surface area contributed by atoms with E-state index in [0.29, 0.717) is 17.7 Å². The number of carbonyl (C=O) groups excluding carboxylic acids is 2. The topological polar surface area (TPSA) is 75.6 Å². The molecule has 2 N–H and O–H groups in total. The normalized spacial score (nSPS) is 11.5. The molecule has 1 unspecified atom stereocenters. The summed E-state index contributed by atoms with van der Waals surface area (Å²) in [4.78, 5) is 24.7. The lowest BCUT2D eigenvalue weighted by Gasteiger charge is -2.20. The van der Waals surface area contributed by atoms with Gasteiger partial charge in [0.15, 0.2) is 5.78 Å². The lowest BCUT2D eigenvalue weighted by Crippen LogP contribution is -2.16. The van der Waals surface area contributed by atoms with Crippen LogP contribution in [0.5, 0.6) is 5.75 Å². The van der Waals surface area contributed by atoms with Crippen molar-refractivity contribution in [1.82, 2.24) is 0 Å². The molecule has 3 rings (SSSR count). The molecule has 3 aromatic carbocycles. The molecule has 0 heterocycles. The second kappa shape index (κ2) is 9.74. The molecule has 3 aromatic rings. The van der Waals surface area contributed by atoms with Crippen LogP contribution in [-0.4, -0.2) is 23.5 Å². The third kappa shape index (κ3) is 5.47. The van der Waals surface area contributed by atoms with E-state index in [9.17, 15) is 14.7 Å². The quantitative estimate of drug-likeness (QED) is 0.394. The monoisotopic (exact) mass is 403 g/mol. The van der Waals surface area contributed by atoms with Gasteiger partial charge in [-0.05, 0) is 67.9 Å². The van der Waals surface area contributed by atoms with Crippen LogP contribution in [0.15, 0.2) is 72.8 Å². The number of ketones is 1. The van der Waals surface area contributed by atoms with Crippen molar-refractivity contribution in [2.24, 2.45) is 0 Å². The first-order chi connectivity index (χ1) is 14.5. The van der Waals surface area contributed by atoms with Gasteiger partial charge in [-0.2, -0.15) is 0 Å². The SMILES string of the molecule is CCOC(=O)c1ccc(NC(CC(=O)c2ccc(O)cc2)c2ccc(C)cc2)cc1. The average Bonchev–Trinajstić information content (AvgIpc) is 2.75. The number of Topliss-reactive ketones (excluding diaryl/α,β-unsaturated/α-hetero) is 1. The predicted octanol–water partition coefficient (Wildman–Crippen LogP) is 5.30. The van der Waals surface area contributed by atoms with Crippen molar-refractivity contribution in [2.45, 2.75) is 26.3 Å². The fraction of sp³-hybridized carbons (Fsp3) is 0.200. The third-order valence-electron chi connectivity index (χ3n) is 4.80. The van der Waals surface area contributed by atoms with Gasteiger partial charge >= 0.3 is 5.97 Å². The molecular formula is C25H25NO4. The van der Waals surface area contributed by atoms with Gasteiger partial charge in [0.25, 0.3) is 0 Å². The fourth-order valence-electron chi connectivity index (χ4n) is 3.12. The molecule has 5 nitrogen and oxygen atoms in total. The molecule has 30 heavy (non-hydrogen) atoms. The van der Waals surface area contributed by atoms with E-state index in [2.05, 4.69) is 5.32 Å². The lowest BCUT2D eigenvalue weighted by molar-refractivity contribution is 0.0526. The highest BCUT2D eigenvalue weighted by molar-refractivity contribution is 5.96. The van der Waals surface area contributed by atoms with E-state index in [4.69, 9.17) is 4.74 Å². The third-order valence-corrected chi connectivity index (χ3v) is 4.80. The number of anilines is 1. The van der Waals surface area contributed by atoms with Crippen LogP contribution in [0, 0.1) is 6.92 Å². The van der Waals surface area contributed by atoms with E-state index in [-0.39, 0.29) is 30.0 Å². The Morgan fingerprint density at radius 1 is 0.900 bits per heavy atom. The second-order valence-electron chi connectivity index (χ2n) is 7.08. The Balaban J connectivity index is 1.81. The molecule has 0 aliphatic heterocycles. The number of hydrogen-bond donors (Lipinski definition) is 2. The maximum atomic E-state index is 12.8. The van der Waals surface area contributed by atoms with E-state index in [0.717, 1.165) is 16.8 Å². The van der Waals surface area contributed by atoms with Gasteiger partial charge in [0.1, 0.15) is 5.75 Å². The van der Waals surface area contributed by atoms with Crippen LogP contribution in [0.2, 0.25) is 0 Å². The number of benzene rings is 3. The van der Waals surface area contributed by atoms with Crippen LogP contribution in [0.25, 0.3) is 0 Å². The molecule has 0 bridgehead atoms. The standard InChI is InChI=1S/C25H25NO4/c1-3-30-25(29)20-8-12-21(13-9-20)26-23(18-6-4-17(2)5-7-18)16-24(28)19-10-14-22(27)15-11-19/h4-15,23,26-27H,3,16H2,1-2H3. The molecule has 0 radical (unpaired) electrons. The minimum Gasteiger partial charge on any atom is -0.508 e.